The van der Waals surface area contributed by atoms with Crippen LogP contribution < -0.4 is 14.8 Å². The van der Waals surface area contributed by atoms with Crippen molar-refractivity contribution in [2.75, 3.05) is 13.2 Å². The molecule has 1 amide bonds. The van der Waals surface area contributed by atoms with E-state index in [2.05, 4.69) is 5.32 Å². The summed E-state index contributed by atoms with van der Waals surface area (Å²) in [6, 6.07) is 24.4. The standard InChI is InChI=1S/C28H31NO6/c1-3-33-26(28(31)32)19-22-11-15-24(16-12-22)34-20(2)27(30)29-18-17-21-9-13-25(14-10-21)35-23-7-5-4-6-8-23/h4-16,20,26H,3,17-19H2,1-2H3,(H,29,30)(H,31,32). The molecular formula is C28H31NO6. The van der Waals surface area contributed by atoms with Gasteiger partial charge in [0.1, 0.15) is 17.2 Å². The molecule has 0 aliphatic heterocycles. The molecule has 0 aliphatic carbocycles. The quantitative estimate of drug-likeness (QED) is 0.373. The fourth-order valence-electron chi connectivity index (χ4n) is 3.42. The molecule has 0 spiro atoms. The first-order valence-electron chi connectivity index (χ1n) is 11.6. The van der Waals surface area contributed by atoms with Gasteiger partial charge in [0.05, 0.1) is 0 Å². The van der Waals surface area contributed by atoms with Crippen molar-refractivity contribution in [2.45, 2.75) is 38.9 Å². The number of carboxylic acid groups (broad SMARTS) is 1. The molecule has 184 valence electrons. The number of aliphatic carboxylic acids is 1. The molecule has 35 heavy (non-hydrogen) atoms. The predicted molar refractivity (Wildman–Crippen MR) is 133 cm³/mol. The molecule has 0 aliphatic rings. The molecule has 0 fully saturated rings. The lowest BCUT2D eigenvalue weighted by molar-refractivity contribution is -0.150. The molecule has 0 heterocycles. The topological polar surface area (TPSA) is 94.1 Å². The van der Waals surface area contributed by atoms with Crippen LogP contribution in [-0.4, -0.2) is 42.3 Å². The molecule has 7 heteroatoms. The smallest absolute Gasteiger partial charge is 0.333 e. The summed E-state index contributed by atoms with van der Waals surface area (Å²) in [4.78, 5) is 23.7. The Morgan fingerprint density at radius 1 is 0.857 bits per heavy atom. The van der Waals surface area contributed by atoms with Gasteiger partial charge in [-0.05, 0) is 67.8 Å². The highest BCUT2D eigenvalue weighted by Crippen LogP contribution is 2.21. The number of amides is 1. The number of carbonyl (C=O) groups excluding carboxylic acids is 1. The second-order valence-corrected chi connectivity index (χ2v) is 7.99. The fraction of sp³-hybridized carbons (Fsp3) is 0.286. The number of benzene rings is 3. The Morgan fingerprint density at radius 2 is 1.46 bits per heavy atom. The van der Waals surface area contributed by atoms with E-state index in [1.54, 1.807) is 38.1 Å². The summed E-state index contributed by atoms with van der Waals surface area (Å²) in [5.74, 6) is 0.877. The van der Waals surface area contributed by atoms with Gasteiger partial charge in [-0.1, -0.05) is 42.5 Å². The van der Waals surface area contributed by atoms with Gasteiger partial charge in [-0.3, -0.25) is 4.79 Å². The van der Waals surface area contributed by atoms with E-state index in [1.165, 1.54) is 0 Å². The minimum absolute atomic E-state index is 0.208. The van der Waals surface area contributed by atoms with Gasteiger partial charge in [-0.15, -0.1) is 0 Å². The maximum atomic E-state index is 12.4. The zero-order chi connectivity index (χ0) is 25.0. The summed E-state index contributed by atoms with van der Waals surface area (Å²) in [7, 11) is 0. The molecule has 3 rings (SSSR count). The van der Waals surface area contributed by atoms with Gasteiger partial charge in [-0.25, -0.2) is 4.79 Å². The van der Waals surface area contributed by atoms with E-state index in [9.17, 15) is 14.7 Å². The molecular weight excluding hydrogens is 446 g/mol. The van der Waals surface area contributed by atoms with Crippen molar-refractivity contribution in [2.24, 2.45) is 0 Å². The summed E-state index contributed by atoms with van der Waals surface area (Å²) in [6.45, 7) is 4.27. The van der Waals surface area contributed by atoms with E-state index < -0.39 is 18.2 Å². The molecule has 2 unspecified atom stereocenters. The van der Waals surface area contributed by atoms with E-state index in [0.717, 1.165) is 22.6 Å². The monoisotopic (exact) mass is 477 g/mol. The number of hydrogen-bond acceptors (Lipinski definition) is 5. The number of ether oxygens (including phenoxy) is 3. The number of hydrogen-bond donors (Lipinski definition) is 2. The molecule has 3 aromatic rings. The highest BCUT2D eigenvalue weighted by atomic mass is 16.5. The van der Waals surface area contributed by atoms with Crippen LogP contribution >= 0.6 is 0 Å². The maximum absolute atomic E-state index is 12.4. The number of carbonyl (C=O) groups is 2. The Kier molecular flexibility index (Phi) is 9.69. The lowest BCUT2D eigenvalue weighted by atomic mass is 10.1. The van der Waals surface area contributed by atoms with E-state index in [1.807, 2.05) is 54.6 Å². The van der Waals surface area contributed by atoms with Crippen molar-refractivity contribution >= 4 is 11.9 Å². The average Bonchev–Trinajstić information content (AvgIpc) is 2.86. The van der Waals surface area contributed by atoms with Crippen molar-refractivity contribution in [3.8, 4) is 17.2 Å². The summed E-state index contributed by atoms with van der Waals surface area (Å²) in [5.41, 5.74) is 1.90. The second-order valence-electron chi connectivity index (χ2n) is 7.99. The Hall–Kier alpha value is -3.84. The third kappa shape index (κ3) is 8.46. The van der Waals surface area contributed by atoms with Crippen LogP contribution in [0.4, 0.5) is 0 Å². The van der Waals surface area contributed by atoms with Crippen LogP contribution in [0.1, 0.15) is 25.0 Å². The Labute approximate surface area is 205 Å². The summed E-state index contributed by atoms with van der Waals surface area (Å²) < 4.78 is 16.8. The molecule has 2 N–H and O–H groups in total. The van der Waals surface area contributed by atoms with Crippen molar-refractivity contribution in [3.05, 3.63) is 90.0 Å². The van der Waals surface area contributed by atoms with Gasteiger partial charge >= 0.3 is 5.97 Å². The van der Waals surface area contributed by atoms with Gasteiger partial charge in [0.15, 0.2) is 12.2 Å². The molecule has 0 aromatic heterocycles. The van der Waals surface area contributed by atoms with Crippen molar-refractivity contribution in [1.82, 2.24) is 5.32 Å². The number of carboxylic acids is 1. The van der Waals surface area contributed by atoms with Crippen LogP contribution in [0.25, 0.3) is 0 Å². The van der Waals surface area contributed by atoms with Gasteiger partial charge in [0.2, 0.25) is 0 Å². The van der Waals surface area contributed by atoms with Gasteiger partial charge < -0.3 is 24.6 Å². The molecule has 0 bridgehead atoms. The highest BCUT2D eigenvalue weighted by Gasteiger charge is 2.18. The first-order valence-corrected chi connectivity index (χ1v) is 11.6. The van der Waals surface area contributed by atoms with E-state index in [4.69, 9.17) is 14.2 Å². The zero-order valence-electron chi connectivity index (χ0n) is 20.0. The largest absolute Gasteiger partial charge is 0.481 e. The maximum Gasteiger partial charge on any atom is 0.333 e. The van der Waals surface area contributed by atoms with Crippen molar-refractivity contribution < 1.29 is 28.9 Å². The third-order valence-corrected chi connectivity index (χ3v) is 5.28. The van der Waals surface area contributed by atoms with Crippen molar-refractivity contribution in [1.29, 1.82) is 0 Å². The summed E-state index contributed by atoms with van der Waals surface area (Å²) in [6.07, 6.45) is -0.607. The van der Waals surface area contributed by atoms with Crippen LogP contribution in [0.2, 0.25) is 0 Å². The minimum atomic E-state index is -0.992. The molecule has 2 atom stereocenters. The minimum Gasteiger partial charge on any atom is -0.481 e. The van der Waals surface area contributed by atoms with E-state index in [0.29, 0.717) is 25.3 Å². The van der Waals surface area contributed by atoms with E-state index in [-0.39, 0.29) is 12.3 Å². The molecule has 0 saturated carbocycles. The molecule has 0 radical (unpaired) electrons. The molecule has 7 nitrogen and oxygen atoms in total. The predicted octanol–water partition coefficient (Wildman–Crippen LogP) is 4.64. The summed E-state index contributed by atoms with van der Waals surface area (Å²) in [5, 5.41) is 12.1. The normalized spacial score (nSPS) is 12.4. The van der Waals surface area contributed by atoms with Crippen LogP contribution in [0.3, 0.4) is 0 Å². The first-order chi connectivity index (χ1) is 16.9. The first kappa shape index (κ1) is 25.8. The SMILES string of the molecule is CCOC(Cc1ccc(OC(C)C(=O)NCCc2ccc(Oc3ccccc3)cc2)cc1)C(=O)O. The lowest BCUT2D eigenvalue weighted by Crippen LogP contribution is -2.37. The Morgan fingerprint density at radius 3 is 2.09 bits per heavy atom. The van der Waals surface area contributed by atoms with Gasteiger partial charge in [0.25, 0.3) is 5.91 Å². The molecule has 3 aromatic carbocycles. The Bertz CT molecular complexity index is 1070. The number of nitrogens with one attached hydrogen (secondary N) is 1. The lowest BCUT2D eigenvalue weighted by Gasteiger charge is -2.16. The fourth-order valence-corrected chi connectivity index (χ4v) is 3.42. The average molecular weight is 478 g/mol. The zero-order valence-corrected chi connectivity index (χ0v) is 20.0. The van der Waals surface area contributed by atoms with Crippen LogP contribution in [0.15, 0.2) is 78.9 Å². The Balaban J connectivity index is 1.41. The number of rotatable bonds is 13. The second kappa shape index (κ2) is 13.2. The van der Waals surface area contributed by atoms with Crippen LogP contribution in [0.5, 0.6) is 17.2 Å². The van der Waals surface area contributed by atoms with Crippen LogP contribution in [-0.2, 0) is 27.2 Å². The van der Waals surface area contributed by atoms with Gasteiger partial charge in [0, 0.05) is 19.6 Å². The number of para-hydroxylation sites is 1. The van der Waals surface area contributed by atoms with E-state index >= 15 is 0 Å². The van der Waals surface area contributed by atoms with Crippen molar-refractivity contribution in [3.63, 3.8) is 0 Å². The molecule has 0 saturated heterocycles. The highest BCUT2D eigenvalue weighted by molar-refractivity contribution is 5.80. The van der Waals surface area contributed by atoms with Gasteiger partial charge in [-0.2, -0.15) is 0 Å². The summed E-state index contributed by atoms with van der Waals surface area (Å²) >= 11 is 0. The van der Waals surface area contributed by atoms with Crippen LogP contribution in [0, 0.1) is 0 Å². The third-order valence-electron chi connectivity index (χ3n) is 5.28.